The first kappa shape index (κ1) is 14.7. The summed E-state index contributed by atoms with van der Waals surface area (Å²) in [6.45, 7) is 2.07. The fourth-order valence-corrected chi connectivity index (χ4v) is 3.33. The lowest BCUT2D eigenvalue weighted by Crippen LogP contribution is -2.20. The summed E-state index contributed by atoms with van der Waals surface area (Å²) >= 11 is 7.53. The molecule has 0 aliphatic carbocycles. The minimum absolute atomic E-state index is 0.0212. The van der Waals surface area contributed by atoms with Crippen molar-refractivity contribution >= 4 is 28.6 Å². The molecule has 1 heterocycles. The Hall–Kier alpha value is -0.710. The molecule has 0 atom stereocenters. The average Bonchev–Trinajstić information content (AvgIpc) is 2.55. The van der Waals surface area contributed by atoms with E-state index in [-0.39, 0.29) is 5.24 Å². The highest BCUT2D eigenvalue weighted by atomic mass is 35.5. The van der Waals surface area contributed by atoms with Crippen molar-refractivity contribution in [3.8, 4) is 0 Å². The molecule has 0 saturated carbocycles. The van der Waals surface area contributed by atoms with Crippen LogP contribution in [0.15, 0.2) is 17.0 Å². The predicted molar refractivity (Wildman–Crippen MR) is 81.3 cm³/mol. The van der Waals surface area contributed by atoms with E-state index in [1.807, 2.05) is 6.07 Å². The van der Waals surface area contributed by atoms with Gasteiger partial charge in [0, 0.05) is 32.1 Å². The minimum Gasteiger partial charge on any atom is -0.339 e. The number of hydrogen-bond donors (Lipinski definition) is 0. The molecule has 104 valence electrons. The van der Waals surface area contributed by atoms with Gasteiger partial charge in [0.05, 0.1) is 5.02 Å². The maximum atomic E-state index is 11.9. The molecular formula is C14H19ClN2OS. The van der Waals surface area contributed by atoms with Gasteiger partial charge in [0.25, 0.3) is 5.24 Å². The third-order valence-corrected chi connectivity index (χ3v) is 5.01. The fraction of sp³-hybridized carbons (Fsp3) is 0.500. The summed E-state index contributed by atoms with van der Waals surface area (Å²) in [7, 11) is 5.66. The molecule has 0 aromatic heterocycles. The number of carbonyl (C=O) groups excluding carboxylic acids is 1. The van der Waals surface area contributed by atoms with Crippen molar-refractivity contribution in [2.24, 2.45) is 0 Å². The van der Waals surface area contributed by atoms with Crippen molar-refractivity contribution in [1.82, 2.24) is 9.80 Å². The average molecular weight is 299 g/mol. The largest absolute Gasteiger partial charge is 0.339 e. The molecule has 1 aliphatic heterocycles. The second kappa shape index (κ2) is 6.16. The summed E-state index contributed by atoms with van der Waals surface area (Å²) in [5.41, 5.74) is 2.57. The monoisotopic (exact) mass is 298 g/mol. The van der Waals surface area contributed by atoms with Gasteiger partial charge in [0.2, 0.25) is 0 Å². The summed E-state index contributed by atoms with van der Waals surface area (Å²) in [5, 5.41) is 0.705. The van der Waals surface area contributed by atoms with Gasteiger partial charge >= 0.3 is 0 Å². The molecule has 0 unspecified atom stereocenters. The third-order valence-electron chi connectivity index (χ3n) is 3.37. The molecule has 1 aromatic rings. The fourth-order valence-electron chi connectivity index (χ4n) is 2.16. The Balaban J connectivity index is 2.35. The Labute approximate surface area is 123 Å². The number of thioether (sulfide) groups is 1. The Morgan fingerprint density at radius 2 is 2.00 bits per heavy atom. The number of nitrogens with zero attached hydrogens (tertiary/aromatic N) is 2. The zero-order valence-electron chi connectivity index (χ0n) is 11.6. The van der Waals surface area contributed by atoms with Crippen molar-refractivity contribution in [3.63, 3.8) is 0 Å². The molecule has 3 nitrogen and oxygen atoms in total. The lowest BCUT2D eigenvalue weighted by Gasteiger charge is -2.15. The first-order valence-electron chi connectivity index (χ1n) is 6.37. The van der Waals surface area contributed by atoms with E-state index in [9.17, 15) is 4.79 Å². The maximum Gasteiger partial charge on any atom is 0.285 e. The van der Waals surface area contributed by atoms with Gasteiger partial charge < -0.3 is 9.80 Å². The highest BCUT2D eigenvalue weighted by molar-refractivity contribution is 8.13. The Bertz CT molecular complexity index is 491. The molecule has 0 radical (unpaired) electrons. The van der Waals surface area contributed by atoms with Gasteiger partial charge in [-0.05, 0) is 48.8 Å². The van der Waals surface area contributed by atoms with Crippen LogP contribution in [0.1, 0.15) is 11.1 Å². The summed E-state index contributed by atoms with van der Waals surface area (Å²) < 4.78 is 0. The first-order chi connectivity index (χ1) is 8.99. The molecule has 0 saturated heterocycles. The topological polar surface area (TPSA) is 23.6 Å². The molecular weight excluding hydrogens is 280 g/mol. The van der Waals surface area contributed by atoms with Crippen LogP contribution < -0.4 is 0 Å². The van der Waals surface area contributed by atoms with Crippen LogP contribution in [0.25, 0.3) is 0 Å². The number of likely N-dealkylation sites (N-methyl/N-ethyl adjacent to an activating group) is 1. The number of benzene rings is 1. The number of fused-ring (bicyclic) bond motifs is 1. The van der Waals surface area contributed by atoms with Gasteiger partial charge in [0.1, 0.15) is 0 Å². The van der Waals surface area contributed by atoms with Crippen LogP contribution in [0, 0.1) is 0 Å². The van der Waals surface area contributed by atoms with E-state index >= 15 is 0 Å². The zero-order valence-corrected chi connectivity index (χ0v) is 13.1. The lowest BCUT2D eigenvalue weighted by molar-refractivity contribution is 0.241. The number of amides is 1. The van der Waals surface area contributed by atoms with E-state index in [2.05, 4.69) is 18.0 Å². The number of rotatable bonds is 1. The first-order valence-corrected chi connectivity index (χ1v) is 7.56. The van der Waals surface area contributed by atoms with Gasteiger partial charge in [-0.2, -0.15) is 0 Å². The van der Waals surface area contributed by atoms with Crippen LogP contribution in [0.5, 0.6) is 0 Å². The highest BCUT2D eigenvalue weighted by Crippen LogP contribution is 2.35. The van der Waals surface area contributed by atoms with E-state index in [0.717, 1.165) is 30.8 Å². The molecule has 0 spiro atoms. The van der Waals surface area contributed by atoms with Crippen molar-refractivity contribution < 1.29 is 4.79 Å². The zero-order chi connectivity index (χ0) is 14.0. The van der Waals surface area contributed by atoms with E-state index in [4.69, 9.17) is 11.6 Å². The second-order valence-electron chi connectivity index (χ2n) is 5.08. The third kappa shape index (κ3) is 3.44. The maximum absolute atomic E-state index is 11.9. The lowest BCUT2D eigenvalue weighted by atomic mass is 10.0. The van der Waals surface area contributed by atoms with Crippen molar-refractivity contribution in [2.45, 2.75) is 17.7 Å². The van der Waals surface area contributed by atoms with E-state index < -0.39 is 0 Å². The van der Waals surface area contributed by atoms with Gasteiger partial charge in [-0.1, -0.05) is 17.7 Å². The number of carbonyl (C=O) groups is 1. The smallest absolute Gasteiger partial charge is 0.285 e. The predicted octanol–water partition coefficient (Wildman–Crippen LogP) is 3.14. The van der Waals surface area contributed by atoms with Gasteiger partial charge in [-0.25, -0.2) is 0 Å². The quantitative estimate of drug-likeness (QED) is 0.744. The van der Waals surface area contributed by atoms with Crippen LogP contribution in [-0.2, 0) is 12.8 Å². The standard InChI is InChI=1S/C14H19ClN2OS/c1-16(2)14(18)19-13-11-7-9-17(3)8-6-10(11)4-5-12(13)15/h4-5H,6-9H2,1-3H3. The Morgan fingerprint density at radius 1 is 1.32 bits per heavy atom. The summed E-state index contributed by atoms with van der Waals surface area (Å²) in [6.07, 6.45) is 1.97. The van der Waals surface area contributed by atoms with Gasteiger partial charge in [0.15, 0.2) is 0 Å². The molecule has 0 fully saturated rings. The second-order valence-corrected chi connectivity index (χ2v) is 6.45. The van der Waals surface area contributed by atoms with Crippen LogP contribution in [-0.4, -0.2) is 49.3 Å². The molecule has 5 heteroatoms. The summed E-state index contributed by atoms with van der Waals surface area (Å²) in [5.74, 6) is 0. The van der Waals surface area contributed by atoms with Gasteiger partial charge in [-0.15, -0.1) is 0 Å². The molecule has 0 bridgehead atoms. The van der Waals surface area contributed by atoms with Crippen LogP contribution in [0.4, 0.5) is 4.79 Å². The van der Waals surface area contributed by atoms with Crippen molar-refractivity contribution in [1.29, 1.82) is 0 Å². The number of hydrogen-bond acceptors (Lipinski definition) is 3. The van der Waals surface area contributed by atoms with Crippen molar-refractivity contribution in [3.05, 3.63) is 28.3 Å². The molecule has 19 heavy (non-hydrogen) atoms. The Kier molecular flexibility index (Phi) is 4.76. The molecule has 1 aromatic carbocycles. The normalized spacial score (nSPS) is 15.8. The highest BCUT2D eigenvalue weighted by Gasteiger charge is 2.19. The minimum atomic E-state index is 0.0212. The van der Waals surface area contributed by atoms with Crippen LogP contribution >= 0.6 is 23.4 Å². The molecule has 0 N–H and O–H groups in total. The number of halogens is 1. The Morgan fingerprint density at radius 3 is 2.68 bits per heavy atom. The van der Waals surface area contributed by atoms with Crippen molar-refractivity contribution in [2.75, 3.05) is 34.2 Å². The van der Waals surface area contributed by atoms with Crippen LogP contribution in [0.2, 0.25) is 5.02 Å². The van der Waals surface area contributed by atoms with E-state index in [0.29, 0.717) is 5.02 Å². The summed E-state index contributed by atoms with van der Waals surface area (Å²) in [6, 6.07) is 4.01. The SMILES string of the molecule is CN1CCc2ccc(Cl)c(SC(=O)N(C)C)c2CC1. The molecule has 2 rings (SSSR count). The van der Waals surface area contributed by atoms with Gasteiger partial charge in [-0.3, -0.25) is 4.79 Å². The van der Waals surface area contributed by atoms with E-state index in [1.165, 1.54) is 22.9 Å². The molecule has 1 amide bonds. The summed E-state index contributed by atoms with van der Waals surface area (Å²) in [4.78, 5) is 16.8. The van der Waals surface area contributed by atoms with Crippen LogP contribution in [0.3, 0.4) is 0 Å². The molecule has 1 aliphatic rings. The van der Waals surface area contributed by atoms with E-state index in [1.54, 1.807) is 19.0 Å².